The zero-order valence-corrected chi connectivity index (χ0v) is 20.0. The predicted molar refractivity (Wildman–Crippen MR) is 139 cm³/mol. The molecule has 1 aliphatic heterocycles. The Morgan fingerprint density at radius 1 is 1.08 bits per heavy atom. The van der Waals surface area contributed by atoms with Crippen LogP contribution in [0, 0.1) is 5.82 Å². The summed E-state index contributed by atoms with van der Waals surface area (Å²) in [5.74, 6) is 0.323. The molecule has 0 radical (unpaired) electrons. The standard InChI is InChI=1S/C27H26FN5O4/c28-19-15-18(16-20(17-19)33-10-13-36-14-11-33)26(35)31-23-5-6-24(22-4-2-1-3-21(22)23)37-25-7-8-29-27(32-25)30-9-12-34/h1-8,15-17,34H,9-14H2,(H,31,35)(H,29,30,32). The quantitative estimate of drug-likeness (QED) is 0.331. The van der Waals surface area contributed by atoms with Crippen molar-refractivity contribution in [2.45, 2.75) is 0 Å². The summed E-state index contributed by atoms with van der Waals surface area (Å²) in [6.07, 6.45) is 1.56. The molecule has 3 N–H and O–H groups in total. The Hall–Kier alpha value is -4.28. The minimum atomic E-state index is -0.472. The van der Waals surface area contributed by atoms with Crippen molar-refractivity contribution in [3.8, 4) is 11.6 Å². The summed E-state index contributed by atoms with van der Waals surface area (Å²) in [7, 11) is 0. The lowest BCUT2D eigenvalue weighted by atomic mass is 10.1. The zero-order chi connectivity index (χ0) is 25.6. The molecule has 1 amide bonds. The SMILES string of the molecule is O=C(Nc1ccc(Oc2ccnc(NCCO)n2)c2ccccc12)c1cc(F)cc(N2CCOCC2)c1. The molecule has 9 nitrogen and oxygen atoms in total. The van der Waals surface area contributed by atoms with E-state index in [1.54, 1.807) is 30.5 Å². The van der Waals surface area contributed by atoms with Gasteiger partial charge in [0.25, 0.3) is 5.91 Å². The minimum absolute atomic E-state index is 0.0452. The van der Waals surface area contributed by atoms with E-state index in [-0.39, 0.29) is 12.2 Å². The van der Waals surface area contributed by atoms with Gasteiger partial charge in [-0.2, -0.15) is 4.98 Å². The average molecular weight is 504 g/mol. The molecular formula is C27H26FN5O4. The molecule has 5 rings (SSSR count). The predicted octanol–water partition coefficient (Wildman–Crippen LogP) is 4.05. The highest BCUT2D eigenvalue weighted by atomic mass is 19.1. The number of aliphatic hydroxyl groups is 1. The van der Waals surface area contributed by atoms with Crippen LogP contribution < -0.4 is 20.3 Å². The Morgan fingerprint density at radius 3 is 2.70 bits per heavy atom. The monoisotopic (exact) mass is 503 g/mol. The van der Waals surface area contributed by atoms with E-state index in [0.717, 1.165) is 10.8 Å². The van der Waals surface area contributed by atoms with E-state index in [4.69, 9.17) is 14.6 Å². The van der Waals surface area contributed by atoms with Gasteiger partial charge in [0.2, 0.25) is 11.8 Å². The molecule has 1 saturated heterocycles. The van der Waals surface area contributed by atoms with Crippen LogP contribution in [-0.2, 0) is 4.74 Å². The van der Waals surface area contributed by atoms with Gasteiger partial charge in [-0.05, 0) is 30.3 Å². The lowest BCUT2D eigenvalue weighted by Gasteiger charge is -2.29. The summed E-state index contributed by atoms with van der Waals surface area (Å²) in [6, 6.07) is 17.0. The molecule has 1 aromatic heterocycles. The lowest BCUT2D eigenvalue weighted by molar-refractivity contribution is 0.102. The third-order valence-electron chi connectivity index (χ3n) is 5.89. The number of nitrogens with zero attached hydrogens (tertiary/aromatic N) is 3. The van der Waals surface area contributed by atoms with E-state index in [9.17, 15) is 9.18 Å². The van der Waals surface area contributed by atoms with Crippen LogP contribution in [0.15, 0.2) is 66.9 Å². The number of fused-ring (bicyclic) bond motifs is 1. The molecule has 1 aliphatic rings. The Kier molecular flexibility index (Phi) is 7.38. The van der Waals surface area contributed by atoms with Gasteiger partial charge in [-0.3, -0.25) is 4.79 Å². The number of aliphatic hydroxyl groups excluding tert-OH is 1. The van der Waals surface area contributed by atoms with Gasteiger partial charge in [0, 0.05) is 59.6 Å². The van der Waals surface area contributed by atoms with Crippen LogP contribution in [0.2, 0.25) is 0 Å². The smallest absolute Gasteiger partial charge is 0.255 e. The van der Waals surface area contributed by atoms with Crippen LogP contribution in [-0.4, -0.2) is 60.4 Å². The molecule has 2 heterocycles. The lowest BCUT2D eigenvalue weighted by Crippen LogP contribution is -2.36. The number of hydrogen-bond acceptors (Lipinski definition) is 8. The van der Waals surface area contributed by atoms with Crippen LogP contribution in [0.25, 0.3) is 10.8 Å². The highest BCUT2D eigenvalue weighted by Gasteiger charge is 2.17. The van der Waals surface area contributed by atoms with E-state index in [2.05, 4.69) is 20.6 Å². The molecule has 4 aromatic rings. The van der Waals surface area contributed by atoms with Gasteiger partial charge in [-0.1, -0.05) is 24.3 Å². The maximum Gasteiger partial charge on any atom is 0.255 e. The number of carbonyl (C=O) groups is 1. The first-order valence-corrected chi connectivity index (χ1v) is 11.9. The second-order valence-electron chi connectivity index (χ2n) is 8.38. The first-order chi connectivity index (χ1) is 18.1. The number of halogens is 1. The Morgan fingerprint density at radius 2 is 1.89 bits per heavy atom. The van der Waals surface area contributed by atoms with Gasteiger partial charge in [0.05, 0.1) is 19.8 Å². The van der Waals surface area contributed by atoms with Gasteiger partial charge in [0.1, 0.15) is 11.6 Å². The van der Waals surface area contributed by atoms with Crippen molar-refractivity contribution in [3.05, 3.63) is 78.2 Å². The van der Waals surface area contributed by atoms with E-state index in [1.165, 1.54) is 12.1 Å². The van der Waals surface area contributed by atoms with Gasteiger partial charge in [-0.15, -0.1) is 0 Å². The summed E-state index contributed by atoms with van der Waals surface area (Å²) in [5.41, 5.74) is 1.45. The second kappa shape index (κ2) is 11.2. The normalized spacial score (nSPS) is 13.4. The van der Waals surface area contributed by atoms with Crippen molar-refractivity contribution >= 4 is 34.0 Å². The van der Waals surface area contributed by atoms with Crippen molar-refractivity contribution in [3.63, 3.8) is 0 Å². The fraction of sp³-hybridized carbons (Fsp3) is 0.222. The van der Waals surface area contributed by atoms with Crippen molar-refractivity contribution in [1.82, 2.24) is 9.97 Å². The number of aromatic nitrogens is 2. The number of rotatable bonds is 8. The molecule has 37 heavy (non-hydrogen) atoms. The van der Waals surface area contributed by atoms with E-state index < -0.39 is 11.7 Å². The number of anilines is 3. The number of carbonyl (C=O) groups excluding carboxylic acids is 1. The molecule has 190 valence electrons. The van der Waals surface area contributed by atoms with E-state index >= 15 is 0 Å². The van der Waals surface area contributed by atoms with Crippen LogP contribution in [0.4, 0.5) is 21.7 Å². The van der Waals surface area contributed by atoms with Crippen LogP contribution >= 0.6 is 0 Å². The number of ether oxygens (including phenoxy) is 2. The number of amides is 1. The molecule has 3 aromatic carbocycles. The highest BCUT2D eigenvalue weighted by Crippen LogP contribution is 2.34. The van der Waals surface area contributed by atoms with Gasteiger partial charge in [0.15, 0.2) is 0 Å². The molecule has 1 fully saturated rings. The van der Waals surface area contributed by atoms with Crippen molar-refractivity contribution in [2.24, 2.45) is 0 Å². The van der Waals surface area contributed by atoms with Crippen molar-refractivity contribution in [1.29, 1.82) is 0 Å². The number of nitrogens with one attached hydrogen (secondary N) is 2. The minimum Gasteiger partial charge on any atom is -0.438 e. The summed E-state index contributed by atoms with van der Waals surface area (Å²) < 4.78 is 25.8. The first kappa shape index (κ1) is 24.4. The fourth-order valence-electron chi connectivity index (χ4n) is 4.14. The summed E-state index contributed by atoms with van der Waals surface area (Å²) in [5, 5.41) is 16.3. The topological polar surface area (TPSA) is 109 Å². The molecular weight excluding hydrogens is 477 g/mol. The molecule has 0 spiro atoms. The third-order valence-corrected chi connectivity index (χ3v) is 5.89. The Balaban J connectivity index is 1.39. The van der Waals surface area contributed by atoms with E-state index in [0.29, 0.717) is 61.8 Å². The average Bonchev–Trinajstić information content (AvgIpc) is 2.93. The summed E-state index contributed by atoms with van der Waals surface area (Å²) >= 11 is 0. The number of hydrogen-bond donors (Lipinski definition) is 3. The maximum atomic E-state index is 14.4. The third kappa shape index (κ3) is 5.76. The number of benzene rings is 3. The van der Waals surface area contributed by atoms with Gasteiger partial charge in [-0.25, -0.2) is 9.37 Å². The van der Waals surface area contributed by atoms with E-state index in [1.807, 2.05) is 29.2 Å². The highest BCUT2D eigenvalue weighted by molar-refractivity contribution is 6.10. The molecule has 0 aliphatic carbocycles. The Bertz CT molecular complexity index is 1410. The fourth-order valence-corrected chi connectivity index (χ4v) is 4.14. The second-order valence-corrected chi connectivity index (χ2v) is 8.38. The molecule has 0 bridgehead atoms. The van der Waals surface area contributed by atoms with Crippen molar-refractivity contribution < 1.29 is 23.8 Å². The van der Waals surface area contributed by atoms with Crippen LogP contribution in [0.1, 0.15) is 10.4 Å². The molecule has 0 atom stereocenters. The zero-order valence-electron chi connectivity index (χ0n) is 20.0. The van der Waals surface area contributed by atoms with Crippen LogP contribution in [0.5, 0.6) is 11.6 Å². The molecule has 0 saturated carbocycles. The number of morpholine rings is 1. The first-order valence-electron chi connectivity index (χ1n) is 11.9. The molecule has 10 heteroatoms. The van der Waals surface area contributed by atoms with Gasteiger partial charge < -0.3 is 30.1 Å². The van der Waals surface area contributed by atoms with Crippen molar-refractivity contribution in [2.75, 3.05) is 55.0 Å². The summed E-state index contributed by atoms with van der Waals surface area (Å²) in [4.78, 5) is 23.6. The largest absolute Gasteiger partial charge is 0.438 e. The van der Waals surface area contributed by atoms with Crippen LogP contribution in [0.3, 0.4) is 0 Å². The maximum absolute atomic E-state index is 14.4. The molecule has 0 unspecified atom stereocenters. The Labute approximate surface area is 212 Å². The summed E-state index contributed by atoms with van der Waals surface area (Å²) in [6.45, 7) is 2.68. The van der Waals surface area contributed by atoms with Gasteiger partial charge >= 0.3 is 0 Å².